The van der Waals surface area contributed by atoms with Crippen LogP contribution in [0.15, 0.2) is 6.07 Å². The summed E-state index contributed by atoms with van der Waals surface area (Å²) in [4.78, 5) is 0. The molecule has 0 bridgehead atoms. The molecule has 0 saturated carbocycles. The van der Waals surface area contributed by atoms with Crippen molar-refractivity contribution in [2.24, 2.45) is 0 Å². The van der Waals surface area contributed by atoms with Gasteiger partial charge in [-0.15, -0.1) is 0 Å². The van der Waals surface area contributed by atoms with Crippen LogP contribution in [0.5, 0.6) is 0 Å². The number of nitrogens with two attached hydrogens (primary N) is 1. The molecule has 0 heterocycles. The highest BCUT2D eigenvalue weighted by atomic mass is 19.2. The zero-order valence-corrected chi connectivity index (χ0v) is 7.79. The monoisotopic (exact) mass is 191 g/mol. The van der Waals surface area contributed by atoms with Crippen molar-refractivity contribution in [2.75, 3.05) is 5.73 Å². The molecule has 0 aromatic heterocycles. The van der Waals surface area contributed by atoms with Crippen molar-refractivity contribution in [2.45, 2.75) is 20.8 Å². The predicted octanol–water partition coefficient (Wildman–Crippen LogP) is 3.02. The lowest BCUT2D eigenvalue weighted by atomic mass is 10.2. The first-order valence-corrected chi connectivity index (χ1v) is 3.93. The molecule has 2 N–H and O–H groups in total. The Balaban J connectivity index is 0.000000671. The molecule has 0 aliphatic carbocycles. The molecule has 0 aliphatic rings. The molecule has 0 fully saturated rings. The van der Waals surface area contributed by atoms with E-state index in [0.29, 0.717) is 0 Å². The van der Waals surface area contributed by atoms with E-state index in [1.165, 1.54) is 6.92 Å². The van der Waals surface area contributed by atoms with E-state index in [1.54, 1.807) is 0 Å². The summed E-state index contributed by atoms with van der Waals surface area (Å²) in [6.45, 7) is 5.26. The van der Waals surface area contributed by atoms with Gasteiger partial charge in [-0.05, 0) is 18.6 Å². The minimum Gasteiger partial charge on any atom is -0.394 e. The van der Waals surface area contributed by atoms with Gasteiger partial charge in [-0.25, -0.2) is 13.2 Å². The minimum absolute atomic E-state index is 0.0887. The number of anilines is 1. The van der Waals surface area contributed by atoms with Gasteiger partial charge in [0.25, 0.3) is 0 Å². The number of halogens is 3. The second kappa shape index (κ2) is 4.74. The van der Waals surface area contributed by atoms with E-state index < -0.39 is 23.1 Å². The van der Waals surface area contributed by atoms with E-state index in [2.05, 4.69) is 0 Å². The Morgan fingerprint density at radius 3 is 2.00 bits per heavy atom. The van der Waals surface area contributed by atoms with Crippen molar-refractivity contribution in [3.63, 3.8) is 0 Å². The van der Waals surface area contributed by atoms with E-state index in [1.807, 2.05) is 13.8 Å². The third-order valence-corrected chi connectivity index (χ3v) is 1.38. The van der Waals surface area contributed by atoms with Gasteiger partial charge < -0.3 is 5.73 Å². The molecule has 0 unspecified atom stereocenters. The van der Waals surface area contributed by atoms with Crippen molar-refractivity contribution in [3.8, 4) is 0 Å². The van der Waals surface area contributed by atoms with Crippen LogP contribution in [0.3, 0.4) is 0 Å². The molecular weight excluding hydrogens is 179 g/mol. The van der Waals surface area contributed by atoms with Gasteiger partial charge in [0, 0.05) is 0 Å². The summed E-state index contributed by atoms with van der Waals surface area (Å²) >= 11 is 0. The third-order valence-electron chi connectivity index (χ3n) is 1.38. The topological polar surface area (TPSA) is 26.0 Å². The highest BCUT2D eigenvalue weighted by Gasteiger charge is 2.13. The van der Waals surface area contributed by atoms with Crippen LogP contribution in [0.2, 0.25) is 0 Å². The van der Waals surface area contributed by atoms with Gasteiger partial charge in [0.1, 0.15) is 11.5 Å². The number of benzene rings is 1. The summed E-state index contributed by atoms with van der Waals surface area (Å²) in [6, 6.07) is 0.855. The Morgan fingerprint density at radius 2 is 1.54 bits per heavy atom. The fraction of sp³-hybridized carbons (Fsp3) is 0.333. The largest absolute Gasteiger partial charge is 0.394 e. The summed E-state index contributed by atoms with van der Waals surface area (Å²) in [5.74, 6) is -3.34. The van der Waals surface area contributed by atoms with Gasteiger partial charge in [-0.3, -0.25) is 0 Å². The number of aryl methyl sites for hydroxylation is 1. The van der Waals surface area contributed by atoms with Crippen molar-refractivity contribution < 1.29 is 13.2 Å². The highest BCUT2D eigenvalue weighted by Crippen LogP contribution is 2.20. The Bertz CT molecular complexity index is 271. The maximum atomic E-state index is 12.5. The summed E-state index contributed by atoms with van der Waals surface area (Å²) < 4.78 is 37.6. The van der Waals surface area contributed by atoms with Crippen LogP contribution in [0.4, 0.5) is 18.9 Å². The molecule has 13 heavy (non-hydrogen) atoms. The van der Waals surface area contributed by atoms with Gasteiger partial charge in [0.15, 0.2) is 11.6 Å². The third kappa shape index (κ3) is 2.37. The summed E-state index contributed by atoms with van der Waals surface area (Å²) in [7, 11) is 0. The van der Waals surface area contributed by atoms with Crippen LogP contribution in [0, 0.1) is 24.4 Å². The number of hydrogen-bond donors (Lipinski definition) is 1. The average Bonchev–Trinajstić information content (AvgIpc) is 2.15. The molecule has 0 atom stereocenters. The maximum absolute atomic E-state index is 12.5. The average molecular weight is 191 g/mol. The van der Waals surface area contributed by atoms with Gasteiger partial charge in [0.05, 0.1) is 0 Å². The fourth-order valence-corrected chi connectivity index (χ4v) is 0.727. The summed E-state index contributed by atoms with van der Waals surface area (Å²) in [6.07, 6.45) is 0. The van der Waals surface area contributed by atoms with Crippen molar-refractivity contribution in [1.82, 2.24) is 0 Å². The molecular formula is C9H12F3N. The Kier molecular flexibility index (Phi) is 4.31. The minimum atomic E-state index is -1.32. The van der Waals surface area contributed by atoms with Gasteiger partial charge in [-0.2, -0.15) is 0 Å². The first-order valence-electron chi connectivity index (χ1n) is 3.93. The molecule has 1 aromatic carbocycles. The van der Waals surface area contributed by atoms with Crippen LogP contribution in [-0.4, -0.2) is 0 Å². The van der Waals surface area contributed by atoms with Crippen molar-refractivity contribution in [1.29, 1.82) is 0 Å². The Morgan fingerprint density at radius 1 is 1.08 bits per heavy atom. The van der Waals surface area contributed by atoms with Crippen molar-refractivity contribution in [3.05, 3.63) is 29.1 Å². The Hall–Kier alpha value is -1.19. The molecule has 4 heteroatoms. The van der Waals surface area contributed by atoms with E-state index in [-0.39, 0.29) is 5.56 Å². The number of nitrogen functional groups attached to an aromatic ring is 1. The SMILES string of the molecule is CC.Cc1cc(F)c(N)c(F)c1F. The molecule has 1 rings (SSSR count). The molecule has 74 valence electrons. The quantitative estimate of drug-likeness (QED) is 0.495. The standard InChI is InChI=1S/C7H6F3N.C2H6/c1-3-2-4(8)7(11)6(10)5(3)9;1-2/h2H,11H2,1H3;1-2H3. The van der Waals surface area contributed by atoms with E-state index in [4.69, 9.17) is 5.73 Å². The van der Waals surface area contributed by atoms with Crippen LogP contribution < -0.4 is 5.73 Å². The molecule has 1 nitrogen and oxygen atoms in total. The van der Waals surface area contributed by atoms with Gasteiger partial charge in [0.2, 0.25) is 0 Å². The lowest BCUT2D eigenvalue weighted by molar-refractivity contribution is 0.494. The number of hydrogen-bond acceptors (Lipinski definition) is 1. The van der Waals surface area contributed by atoms with E-state index in [9.17, 15) is 13.2 Å². The molecule has 0 aliphatic heterocycles. The second-order valence-electron chi connectivity index (χ2n) is 2.22. The number of rotatable bonds is 0. The molecule has 1 aromatic rings. The molecule has 0 radical (unpaired) electrons. The summed E-state index contributed by atoms with van der Waals surface area (Å²) in [5.41, 5.74) is 4.00. The van der Waals surface area contributed by atoms with Crippen LogP contribution in [0.1, 0.15) is 19.4 Å². The lowest BCUT2D eigenvalue weighted by Gasteiger charge is -2.01. The highest BCUT2D eigenvalue weighted by molar-refractivity contribution is 5.43. The first kappa shape index (κ1) is 11.8. The maximum Gasteiger partial charge on any atom is 0.184 e. The molecule has 0 amide bonds. The zero-order chi connectivity index (χ0) is 10.6. The van der Waals surface area contributed by atoms with Gasteiger partial charge in [-0.1, -0.05) is 13.8 Å². The van der Waals surface area contributed by atoms with Crippen LogP contribution >= 0.6 is 0 Å². The second-order valence-corrected chi connectivity index (χ2v) is 2.22. The smallest absolute Gasteiger partial charge is 0.184 e. The van der Waals surface area contributed by atoms with Crippen LogP contribution in [-0.2, 0) is 0 Å². The van der Waals surface area contributed by atoms with E-state index >= 15 is 0 Å². The molecule has 0 spiro atoms. The lowest BCUT2D eigenvalue weighted by Crippen LogP contribution is -2.00. The summed E-state index contributed by atoms with van der Waals surface area (Å²) in [5, 5.41) is 0. The fourth-order valence-electron chi connectivity index (χ4n) is 0.727. The Labute approximate surface area is 75.4 Å². The normalized spacial score (nSPS) is 9.08. The van der Waals surface area contributed by atoms with Gasteiger partial charge >= 0.3 is 0 Å². The predicted molar refractivity (Wildman–Crippen MR) is 46.8 cm³/mol. The first-order chi connectivity index (χ1) is 6.04. The molecule has 0 saturated heterocycles. The van der Waals surface area contributed by atoms with Crippen molar-refractivity contribution >= 4 is 5.69 Å². The van der Waals surface area contributed by atoms with Crippen LogP contribution in [0.25, 0.3) is 0 Å². The van der Waals surface area contributed by atoms with E-state index in [0.717, 1.165) is 6.07 Å². The zero-order valence-electron chi connectivity index (χ0n) is 7.79.